The second-order valence-corrected chi connectivity index (χ2v) is 14.8. The molecule has 0 aliphatic rings. The third-order valence-corrected chi connectivity index (χ3v) is 9.95. The van der Waals surface area contributed by atoms with Gasteiger partial charge in [0.1, 0.15) is 35.9 Å². The van der Waals surface area contributed by atoms with E-state index in [0.29, 0.717) is 48.6 Å². The van der Waals surface area contributed by atoms with Gasteiger partial charge in [-0.25, -0.2) is 4.79 Å². The number of methoxy groups -OCH3 is 3. The Kier molecular flexibility index (Phi) is 18.7. The zero-order chi connectivity index (χ0) is 45.0. The molecule has 0 saturated heterocycles. The number of alkyl carbamates (subject to hydrolysis) is 1. The van der Waals surface area contributed by atoms with E-state index in [1.54, 1.807) is 45.2 Å². The van der Waals surface area contributed by atoms with Crippen molar-refractivity contribution in [3.63, 3.8) is 0 Å². The molecule has 4 aromatic rings. The number of carbonyl (C=O) groups excluding carboxylic acids is 5. The number of nitrogens with one attached hydrogen (secondary N) is 5. The van der Waals surface area contributed by atoms with E-state index in [4.69, 9.17) is 18.9 Å². The van der Waals surface area contributed by atoms with Crippen molar-refractivity contribution in [1.29, 1.82) is 0 Å². The highest BCUT2D eigenvalue weighted by atomic mass is 16.5. The van der Waals surface area contributed by atoms with Crippen molar-refractivity contribution < 1.29 is 53.1 Å². The van der Waals surface area contributed by atoms with Crippen LogP contribution in [0.25, 0.3) is 0 Å². The number of aryl methyl sites for hydroxylation is 1. The van der Waals surface area contributed by atoms with Crippen LogP contribution >= 0.6 is 0 Å². The molecule has 0 aliphatic heterocycles. The average molecular weight is 856 g/mol. The van der Waals surface area contributed by atoms with Crippen LogP contribution in [0.15, 0.2) is 84.9 Å². The first-order valence-electron chi connectivity index (χ1n) is 20.3. The Bertz CT molecular complexity index is 2110. The fourth-order valence-electron chi connectivity index (χ4n) is 6.34. The van der Waals surface area contributed by atoms with E-state index >= 15 is 0 Å². The van der Waals surface area contributed by atoms with Gasteiger partial charge in [0, 0.05) is 37.6 Å². The maximum absolute atomic E-state index is 13.5. The number of aromatic hydroxyl groups is 2. The van der Waals surface area contributed by atoms with Gasteiger partial charge in [0.15, 0.2) is 5.75 Å². The van der Waals surface area contributed by atoms with Gasteiger partial charge >= 0.3 is 12.1 Å². The smallest absolute Gasteiger partial charge is 0.408 e. The van der Waals surface area contributed by atoms with Gasteiger partial charge in [-0.15, -0.1) is 0 Å². The number of amides is 4. The summed E-state index contributed by atoms with van der Waals surface area (Å²) < 4.78 is 20.4. The fraction of sp³-hybridized carbons (Fsp3) is 0.370. The Morgan fingerprint density at radius 1 is 0.710 bits per heavy atom. The van der Waals surface area contributed by atoms with Crippen molar-refractivity contribution >= 4 is 41.2 Å². The number of phenols is 2. The highest BCUT2D eigenvalue weighted by Crippen LogP contribution is 2.37. The Morgan fingerprint density at radius 2 is 1.40 bits per heavy atom. The number of benzene rings is 4. The molecule has 4 amide bonds. The lowest BCUT2D eigenvalue weighted by Crippen LogP contribution is -2.47. The highest BCUT2D eigenvalue weighted by Gasteiger charge is 2.27. The molecule has 0 aliphatic carbocycles. The van der Waals surface area contributed by atoms with E-state index in [1.165, 1.54) is 20.3 Å². The maximum atomic E-state index is 13.5. The third kappa shape index (κ3) is 14.9. The van der Waals surface area contributed by atoms with Crippen LogP contribution in [-0.2, 0) is 54.8 Å². The number of unbranched alkanes of at least 4 members (excludes halogenated alkanes) is 1. The van der Waals surface area contributed by atoms with Crippen molar-refractivity contribution in [2.24, 2.45) is 5.92 Å². The van der Waals surface area contributed by atoms with Crippen molar-refractivity contribution in [2.45, 2.75) is 84.2 Å². The van der Waals surface area contributed by atoms with Crippen LogP contribution in [0.5, 0.6) is 23.0 Å². The Morgan fingerprint density at radius 3 is 2.06 bits per heavy atom. The summed E-state index contributed by atoms with van der Waals surface area (Å²) >= 11 is 0. The number of rotatable bonds is 23. The van der Waals surface area contributed by atoms with Gasteiger partial charge < -0.3 is 55.7 Å². The van der Waals surface area contributed by atoms with Crippen LogP contribution in [-0.4, -0.2) is 73.4 Å². The first-order valence-corrected chi connectivity index (χ1v) is 20.3. The predicted molar refractivity (Wildman–Crippen MR) is 233 cm³/mol. The summed E-state index contributed by atoms with van der Waals surface area (Å²) in [5.74, 6) is -1.50. The van der Waals surface area contributed by atoms with Crippen molar-refractivity contribution in [1.82, 2.24) is 16.0 Å². The molecule has 4 rings (SSSR count). The monoisotopic (exact) mass is 855 g/mol. The normalized spacial score (nSPS) is 11.7. The Hall–Kier alpha value is -6.97. The number of hydrogen-bond acceptors (Lipinski definition) is 12. The first-order chi connectivity index (χ1) is 29.8. The molecule has 0 spiro atoms. The van der Waals surface area contributed by atoms with Crippen LogP contribution in [0.2, 0.25) is 0 Å². The molecule has 0 fully saturated rings. The van der Waals surface area contributed by atoms with Gasteiger partial charge in [-0.1, -0.05) is 62.4 Å². The summed E-state index contributed by atoms with van der Waals surface area (Å²) in [7, 11) is 4.28. The minimum Gasteiger partial charge on any atom is -0.507 e. The fourth-order valence-corrected chi connectivity index (χ4v) is 6.34. The molecule has 0 heterocycles. The average Bonchev–Trinajstić information content (AvgIpc) is 3.27. The summed E-state index contributed by atoms with van der Waals surface area (Å²) in [6, 6.07) is 22.5. The van der Waals surface area contributed by atoms with Crippen LogP contribution < -0.4 is 36.1 Å². The molecular weight excluding hydrogens is 799 g/mol. The summed E-state index contributed by atoms with van der Waals surface area (Å²) in [5, 5.41) is 36.0. The Balaban J connectivity index is 1.41. The number of hydrogen-bond donors (Lipinski definition) is 7. The zero-order valence-electron chi connectivity index (χ0n) is 35.7. The van der Waals surface area contributed by atoms with E-state index in [9.17, 15) is 34.2 Å². The molecule has 0 aromatic heterocycles. The van der Waals surface area contributed by atoms with E-state index < -0.39 is 41.9 Å². The third-order valence-electron chi connectivity index (χ3n) is 9.95. The first kappa shape index (κ1) is 47.7. The molecule has 62 heavy (non-hydrogen) atoms. The van der Waals surface area contributed by atoms with Crippen molar-refractivity contribution in [3.05, 3.63) is 107 Å². The molecule has 0 saturated carbocycles. The summed E-state index contributed by atoms with van der Waals surface area (Å²) in [4.78, 5) is 64.5. The van der Waals surface area contributed by atoms with E-state index in [0.717, 1.165) is 16.7 Å². The van der Waals surface area contributed by atoms with Crippen molar-refractivity contribution in [2.75, 3.05) is 32.0 Å². The van der Waals surface area contributed by atoms with Gasteiger partial charge in [0.05, 0.1) is 32.7 Å². The summed E-state index contributed by atoms with van der Waals surface area (Å²) in [6.45, 7) is 3.88. The SMILES string of the molecule is COC(=O)CCC(NC(=O)CCCCc1ccc(NC(=O)C(NC(=O)OCc2ccccc2)C(C)C)c(O)c1NCc1ccc(OC)cc1)C(=O)NCc1ccc(OC)cc1O. The number of carbonyl (C=O) groups is 5. The molecule has 4 aromatic carbocycles. The molecule has 0 radical (unpaired) electrons. The van der Waals surface area contributed by atoms with Gasteiger partial charge in [0.2, 0.25) is 17.7 Å². The lowest BCUT2D eigenvalue weighted by atomic mass is 10.0. The molecule has 16 nitrogen and oxygen atoms in total. The number of anilines is 2. The van der Waals surface area contributed by atoms with Gasteiger partial charge in [-0.2, -0.15) is 0 Å². The number of phenolic OH excluding ortho intramolecular Hbond substituents is 2. The maximum Gasteiger partial charge on any atom is 0.408 e. The largest absolute Gasteiger partial charge is 0.507 e. The van der Waals surface area contributed by atoms with Crippen LogP contribution in [0, 0.1) is 5.92 Å². The van der Waals surface area contributed by atoms with Crippen LogP contribution in [0.1, 0.15) is 68.2 Å². The minimum absolute atomic E-state index is 0.00342. The topological polar surface area (TPSA) is 223 Å². The quantitative estimate of drug-likeness (QED) is 0.0256. The van der Waals surface area contributed by atoms with Crippen LogP contribution in [0.4, 0.5) is 16.2 Å². The van der Waals surface area contributed by atoms with Crippen molar-refractivity contribution in [3.8, 4) is 23.0 Å². The van der Waals surface area contributed by atoms with E-state index in [2.05, 4.69) is 26.6 Å². The molecular formula is C46H57N5O11. The number of esters is 1. The summed E-state index contributed by atoms with van der Waals surface area (Å²) in [5.41, 5.74) is 3.34. The zero-order valence-corrected chi connectivity index (χ0v) is 35.7. The molecule has 7 N–H and O–H groups in total. The van der Waals surface area contributed by atoms with E-state index in [-0.39, 0.29) is 55.5 Å². The molecule has 2 atom stereocenters. The lowest BCUT2D eigenvalue weighted by Gasteiger charge is -2.23. The number of ether oxygens (including phenoxy) is 4. The summed E-state index contributed by atoms with van der Waals surface area (Å²) in [6.07, 6.45) is 0.547. The highest BCUT2D eigenvalue weighted by molar-refractivity contribution is 5.99. The van der Waals surface area contributed by atoms with Gasteiger partial charge in [-0.3, -0.25) is 19.2 Å². The minimum atomic E-state index is -1.04. The standard InChI is InChI=1S/C46H57N5O11/c1-29(2)41(51-46(58)62-28-31-11-7-6-8-12-31)45(57)50-36-22-18-32(42(43(36)55)47-26-30-15-19-34(59-3)20-16-30)13-9-10-14-39(53)49-37(23-24-40(54)61-5)44(56)48-27-33-17-21-35(60-4)25-38(33)52/h6-8,11-12,15-22,25,29,37,41,47,52,55H,9-10,13-14,23-24,26-28H2,1-5H3,(H,48,56)(H,49,53)(H,50,57)(H,51,58). The molecule has 332 valence electrons. The lowest BCUT2D eigenvalue weighted by molar-refractivity contribution is -0.141. The van der Waals surface area contributed by atoms with Gasteiger partial charge in [0.25, 0.3) is 0 Å². The molecule has 0 bridgehead atoms. The molecule has 2 unspecified atom stereocenters. The molecule has 16 heteroatoms. The van der Waals surface area contributed by atoms with E-state index in [1.807, 2.05) is 54.6 Å². The predicted octanol–water partition coefficient (Wildman–Crippen LogP) is 6.08. The second-order valence-electron chi connectivity index (χ2n) is 14.8. The van der Waals surface area contributed by atoms with Crippen LogP contribution in [0.3, 0.4) is 0 Å². The van der Waals surface area contributed by atoms with Gasteiger partial charge in [-0.05, 0) is 78.6 Å². The Labute approximate surface area is 361 Å². The second kappa shape index (κ2) is 24.3.